The lowest BCUT2D eigenvalue weighted by Gasteiger charge is -2.07. The van der Waals surface area contributed by atoms with E-state index < -0.39 is 5.82 Å². The van der Waals surface area contributed by atoms with Crippen molar-refractivity contribution in [3.63, 3.8) is 0 Å². The van der Waals surface area contributed by atoms with Gasteiger partial charge in [-0.1, -0.05) is 11.6 Å². The fourth-order valence-electron chi connectivity index (χ4n) is 1.73. The fourth-order valence-corrected chi connectivity index (χ4v) is 1.91. The lowest BCUT2D eigenvalue weighted by atomic mass is 10.3. The molecule has 1 amide bonds. The standard InChI is InChI=1S/C15H16ClFN4O2/c1-23-6-2-5-18-14(22)10-8-19-15(20-9-10)21-11-3-4-13(17)12(16)7-11/h3-4,7-9H,2,5-6H2,1H3,(H,18,22)(H,19,20,21). The van der Waals surface area contributed by atoms with Crippen LogP contribution < -0.4 is 10.6 Å². The third-order valence-electron chi connectivity index (χ3n) is 2.90. The molecule has 8 heteroatoms. The molecule has 1 aromatic carbocycles. The number of carbonyl (C=O) groups is 1. The summed E-state index contributed by atoms with van der Waals surface area (Å²) in [7, 11) is 1.61. The van der Waals surface area contributed by atoms with Crippen molar-refractivity contribution >= 4 is 29.1 Å². The Morgan fingerprint density at radius 1 is 1.35 bits per heavy atom. The van der Waals surface area contributed by atoms with Crippen LogP contribution in [0.15, 0.2) is 30.6 Å². The molecule has 0 saturated heterocycles. The van der Waals surface area contributed by atoms with E-state index in [1.807, 2.05) is 0 Å². The third kappa shape index (κ3) is 5.15. The highest BCUT2D eigenvalue weighted by Gasteiger charge is 2.07. The summed E-state index contributed by atoms with van der Waals surface area (Å²) in [6, 6.07) is 4.18. The molecular weight excluding hydrogens is 323 g/mol. The zero-order chi connectivity index (χ0) is 16.7. The SMILES string of the molecule is COCCCNC(=O)c1cnc(Nc2ccc(F)c(Cl)c2)nc1. The summed E-state index contributed by atoms with van der Waals surface area (Å²) in [5, 5.41) is 5.62. The van der Waals surface area contributed by atoms with E-state index in [1.165, 1.54) is 30.6 Å². The Morgan fingerprint density at radius 2 is 2.09 bits per heavy atom. The zero-order valence-corrected chi connectivity index (χ0v) is 13.2. The Kier molecular flexibility index (Phi) is 6.25. The average molecular weight is 339 g/mol. The van der Waals surface area contributed by atoms with E-state index in [-0.39, 0.29) is 16.9 Å². The van der Waals surface area contributed by atoms with Crippen molar-refractivity contribution in [3.05, 3.63) is 47.0 Å². The molecular formula is C15H16ClFN4O2. The third-order valence-corrected chi connectivity index (χ3v) is 3.19. The number of carbonyl (C=O) groups excluding carboxylic acids is 1. The van der Waals surface area contributed by atoms with Crippen molar-refractivity contribution in [1.29, 1.82) is 0 Å². The van der Waals surface area contributed by atoms with E-state index in [1.54, 1.807) is 7.11 Å². The van der Waals surface area contributed by atoms with E-state index in [2.05, 4.69) is 20.6 Å². The minimum Gasteiger partial charge on any atom is -0.385 e. The number of nitrogens with zero attached hydrogens (tertiary/aromatic N) is 2. The van der Waals surface area contributed by atoms with Crippen LogP contribution in [-0.2, 0) is 4.74 Å². The van der Waals surface area contributed by atoms with E-state index in [0.29, 0.717) is 24.4 Å². The van der Waals surface area contributed by atoms with Crippen molar-refractivity contribution in [1.82, 2.24) is 15.3 Å². The Balaban J connectivity index is 1.93. The monoisotopic (exact) mass is 338 g/mol. The van der Waals surface area contributed by atoms with Crippen molar-refractivity contribution in [3.8, 4) is 0 Å². The second kappa shape index (κ2) is 8.40. The van der Waals surface area contributed by atoms with Gasteiger partial charge in [0.2, 0.25) is 5.95 Å². The van der Waals surface area contributed by atoms with Crippen LogP contribution in [-0.4, -0.2) is 36.1 Å². The lowest BCUT2D eigenvalue weighted by molar-refractivity contribution is 0.0948. The van der Waals surface area contributed by atoms with Gasteiger partial charge in [-0.25, -0.2) is 14.4 Å². The Bertz CT molecular complexity index is 667. The van der Waals surface area contributed by atoms with Gasteiger partial charge in [0.25, 0.3) is 5.91 Å². The molecule has 0 saturated carbocycles. The number of methoxy groups -OCH3 is 1. The first kappa shape index (κ1) is 17.1. The van der Waals surface area contributed by atoms with Crippen molar-refractivity contribution in [2.75, 3.05) is 25.6 Å². The molecule has 0 aliphatic carbocycles. The molecule has 2 N–H and O–H groups in total. The van der Waals surface area contributed by atoms with Crippen molar-refractivity contribution in [2.24, 2.45) is 0 Å². The van der Waals surface area contributed by atoms with Crippen LogP contribution in [0, 0.1) is 5.82 Å². The number of nitrogens with one attached hydrogen (secondary N) is 2. The molecule has 23 heavy (non-hydrogen) atoms. The predicted octanol–water partition coefficient (Wildman–Crippen LogP) is 2.78. The normalized spacial score (nSPS) is 10.4. The van der Waals surface area contributed by atoms with Gasteiger partial charge in [0.05, 0.1) is 10.6 Å². The first-order valence-electron chi connectivity index (χ1n) is 6.91. The summed E-state index contributed by atoms with van der Waals surface area (Å²) in [5.74, 6) is -0.472. The summed E-state index contributed by atoms with van der Waals surface area (Å²) in [6.45, 7) is 1.10. The molecule has 0 fully saturated rings. The van der Waals surface area contributed by atoms with E-state index in [0.717, 1.165) is 6.42 Å². The van der Waals surface area contributed by atoms with Gasteiger partial charge in [0.15, 0.2) is 0 Å². The molecule has 0 atom stereocenters. The second-order valence-corrected chi connectivity index (χ2v) is 5.06. The maximum atomic E-state index is 13.1. The number of halogens is 2. The molecule has 6 nitrogen and oxygen atoms in total. The van der Waals surface area contributed by atoms with Gasteiger partial charge in [0.1, 0.15) is 5.82 Å². The van der Waals surface area contributed by atoms with E-state index in [9.17, 15) is 9.18 Å². The molecule has 0 bridgehead atoms. The van der Waals surface area contributed by atoms with Crippen LogP contribution in [0.25, 0.3) is 0 Å². The number of aromatic nitrogens is 2. The first-order valence-corrected chi connectivity index (χ1v) is 7.29. The molecule has 0 radical (unpaired) electrons. The largest absolute Gasteiger partial charge is 0.385 e. The number of rotatable bonds is 7. The summed E-state index contributed by atoms with van der Waals surface area (Å²) >= 11 is 5.70. The topological polar surface area (TPSA) is 76.1 Å². The number of hydrogen-bond donors (Lipinski definition) is 2. The summed E-state index contributed by atoms with van der Waals surface area (Å²) < 4.78 is 18.0. The Labute approximate surface area is 138 Å². The quantitative estimate of drug-likeness (QED) is 0.759. The molecule has 2 aromatic rings. The van der Waals surface area contributed by atoms with E-state index >= 15 is 0 Å². The van der Waals surface area contributed by atoms with Gasteiger partial charge in [0, 0.05) is 38.3 Å². The van der Waals surface area contributed by atoms with Crippen LogP contribution in [0.2, 0.25) is 5.02 Å². The van der Waals surface area contributed by atoms with Crippen LogP contribution in [0.1, 0.15) is 16.8 Å². The molecule has 0 unspecified atom stereocenters. The van der Waals surface area contributed by atoms with Crippen LogP contribution >= 0.6 is 11.6 Å². The number of anilines is 2. The molecule has 122 valence electrons. The lowest BCUT2D eigenvalue weighted by Crippen LogP contribution is -2.25. The van der Waals surface area contributed by atoms with Gasteiger partial charge in [-0.3, -0.25) is 4.79 Å². The van der Waals surface area contributed by atoms with Crippen molar-refractivity contribution in [2.45, 2.75) is 6.42 Å². The number of ether oxygens (including phenoxy) is 1. The van der Waals surface area contributed by atoms with Gasteiger partial charge >= 0.3 is 0 Å². The molecule has 1 aromatic heterocycles. The molecule has 0 aliphatic rings. The Morgan fingerprint density at radius 3 is 2.74 bits per heavy atom. The average Bonchev–Trinajstić information content (AvgIpc) is 2.55. The molecule has 0 aliphatic heterocycles. The number of amides is 1. The summed E-state index contributed by atoms with van der Waals surface area (Å²) in [4.78, 5) is 19.9. The maximum absolute atomic E-state index is 13.1. The summed E-state index contributed by atoms with van der Waals surface area (Å²) in [6.07, 6.45) is 3.55. The molecule has 2 rings (SSSR count). The predicted molar refractivity (Wildman–Crippen MR) is 85.6 cm³/mol. The van der Waals surface area contributed by atoms with Gasteiger partial charge in [-0.15, -0.1) is 0 Å². The molecule has 0 spiro atoms. The van der Waals surface area contributed by atoms with Crippen LogP contribution in [0.5, 0.6) is 0 Å². The van der Waals surface area contributed by atoms with Gasteiger partial charge < -0.3 is 15.4 Å². The highest BCUT2D eigenvalue weighted by Crippen LogP contribution is 2.21. The van der Waals surface area contributed by atoms with Crippen LogP contribution in [0.4, 0.5) is 16.0 Å². The van der Waals surface area contributed by atoms with Crippen LogP contribution in [0.3, 0.4) is 0 Å². The number of benzene rings is 1. The Hall–Kier alpha value is -2.25. The summed E-state index contributed by atoms with van der Waals surface area (Å²) in [5.41, 5.74) is 0.901. The minimum absolute atomic E-state index is 0.00190. The van der Waals surface area contributed by atoms with Gasteiger partial charge in [-0.05, 0) is 24.6 Å². The molecule has 1 heterocycles. The zero-order valence-electron chi connectivity index (χ0n) is 12.5. The van der Waals surface area contributed by atoms with Crippen molar-refractivity contribution < 1.29 is 13.9 Å². The number of hydrogen-bond acceptors (Lipinski definition) is 5. The highest BCUT2D eigenvalue weighted by atomic mass is 35.5. The highest BCUT2D eigenvalue weighted by molar-refractivity contribution is 6.31. The fraction of sp³-hybridized carbons (Fsp3) is 0.267. The van der Waals surface area contributed by atoms with E-state index in [4.69, 9.17) is 16.3 Å². The second-order valence-electron chi connectivity index (χ2n) is 4.65. The van der Waals surface area contributed by atoms with Gasteiger partial charge in [-0.2, -0.15) is 0 Å². The smallest absolute Gasteiger partial charge is 0.254 e. The minimum atomic E-state index is -0.501. The first-order chi connectivity index (χ1) is 11.1. The maximum Gasteiger partial charge on any atom is 0.254 e.